The topological polar surface area (TPSA) is 29.3 Å². The minimum atomic E-state index is 0.669. The molecule has 10 heavy (non-hydrogen) atoms. The molecule has 2 N–H and O–H groups in total. The fourth-order valence-electron chi connectivity index (χ4n) is 0.739. The summed E-state index contributed by atoms with van der Waals surface area (Å²) >= 11 is 0. The summed E-state index contributed by atoms with van der Waals surface area (Å²) in [4.78, 5) is 2.19. The molecule has 0 radical (unpaired) electrons. The number of unbranched alkanes of at least 4 members (excludes halogenated alkanes) is 1. The van der Waals surface area contributed by atoms with Crippen LogP contribution in [-0.2, 0) is 0 Å². The molecule has 0 heterocycles. The second-order valence-corrected chi connectivity index (χ2v) is 2.65. The summed E-state index contributed by atoms with van der Waals surface area (Å²) in [6.07, 6.45) is 6.53. The molecule has 0 unspecified atom stereocenters. The molecule has 2 heteroatoms. The van der Waals surface area contributed by atoms with Gasteiger partial charge in [0.05, 0.1) is 0 Å². The van der Waals surface area contributed by atoms with Crippen LogP contribution in [-0.4, -0.2) is 32.1 Å². The van der Waals surface area contributed by atoms with Gasteiger partial charge in [0.1, 0.15) is 0 Å². The van der Waals surface area contributed by atoms with E-state index in [-0.39, 0.29) is 0 Å². The first kappa shape index (κ1) is 9.66. The maximum absolute atomic E-state index is 5.27. The number of hydrogen-bond acceptors (Lipinski definition) is 2. The van der Waals surface area contributed by atoms with Gasteiger partial charge in [0.25, 0.3) is 0 Å². The van der Waals surface area contributed by atoms with Crippen LogP contribution >= 0.6 is 0 Å². The Bertz CT molecular complexity index is 87.3. The van der Waals surface area contributed by atoms with Crippen LogP contribution in [0.25, 0.3) is 0 Å². The van der Waals surface area contributed by atoms with E-state index in [9.17, 15) is 0 Å². The quantitative estimate of drug-likeness (QED) is 0.455. The van der Waals surface area contributed by atoms with E-state index in [0.29, 0.717) is 6.54 Å². The van der Waals surface area contributed by atoms with Crippen molar-refractivity contribution in [3.05, 3.63) is 12.2 Å². The Morgan fingerprint density at radius 1 is 1.30 bits per heavy atom. The molecule has 0 aromatic carbocycles. The van der Waals surface area contributed by atoms with Gasteiger partial charge in [0, 0.05) is 6.54 Å². The van der Waals surface area contributed by atoms with Crippen molar-refractivity contribution in [3.8, 4) is 0 Å². The van der Waals surface area contributed by atoms with Crippen molar-refractivity contribution < 1.29 is 0 Å². The fourth-order valence-corrected chi connectivity index (χ4v) is 0.739. The Balaban J connectivity index is 2.97. The van der Waals surface area contributed by atoms with Crippen molar-refractivity contribution in [2.45, 2.75) is 12.8 Å². The molecular weight excluding hydrogens is 124 g/mol. The van der Waals surface area contributed by atoms with Crippen LogP contribution < -0.4 is 5.73 Å². The third kappa shape index (κ3) is 7.66. The Kier molecular flexibility index (Phi) is 6.55. The third-order valence-electron chi connectivity index (χ3n) is 1.28. The second kappa shape index (κ2) is 6.78. The summed E-state index contributed by atoms with van der Waals surface area (Å²) in [6.45, 7) is 1.83. The molecule has 0 aromatic rings. The van der Waals surface area contributed by atoms with Crippen LogP contribution in [0.3, 0.4) is 0 Å². The lowest BCUT2D eigenvalue weighted by atomic mass is 10.3. The largest absolute Gasteiger partial charge is 0.327 e. The zero-order chi connectivity index (χ0) is 7.82. The van der Waals surface area contributed by atoms with Gasteiger partial charge in [-0.3, -0.25) is 0 Å². The molecule has 0 bridgehead atoms. The van der Waals surface area contributed by atoms with Gasteiger partial charge in [-0.2, -0.15) is 0 Å². The standard InChI is InChI=1S/C8H18N2/c1-10(2)8-6-4-3-5-7-9/h3,5H,4,6-9H2,1-2H3. The zero-order valence-corrected chi connectivity index (χ0v) is 7.01. The Labute approximate surface area is 63.7 Å². The molecule has 2 nitrogen and oxygen atoms in total. The first-order valence-electron chi connectivity index (χ1n) is 3.77. The van der Waals surface area contributed by atoms with Gasteiger partial charge in [-0.15, -0.1) is 0 Å². The predicted molar refractivity (Wildman–Crippen MR) is 46.0 cm³/mol. The minimum absolute atomic E-state index is 0.669. The van der Waals surface area contributed by atoms with E-state index in [1.54, 1.807) is 0 Å². The van der Waals surface area contributed by atoms with Gasteiger partial charge in [-0.1, -0.05) is 12.2 Å². The molecule has 0 spiro atoms. The van der Waals surface area contributed by atoms with Crippen molar-refractivity contribution in [1.29, 1.82) is 0 Å². The summed E-state index contributed by atoms with van der Waals surface area (Å²) in [7, 11) is 4.18. The highest BCUT2D eigenvalue weighted by molar-refractivity contribution is 4.82. The van der Waals surface area contributed by atoms with Crippen LogP contribution in [0.2, 0.25) is 0 Å². The van der Waals surface area contributed by atoms with Gasteiger partial charge in [-0.05, 0) is 33.5 Å². The van der Waals surface area contributed by atoms with Crippen molar-refractivity contribution >= 4 is 0 Å². The highest BCUT2D eigenvalue weighted by Crippen LogP contribution is 1.91. The second-order valence-electron chi connectivity index (χ2n) is 2.65. The molecule has 0 fully saturated rings. The van der Waals surface area contributed by atoms with Gasteiger partial charge in [-0.25, -0.2) is 0 Å². The van der Waals surface area contributed by atoms with E-state index in [4.69, 9.17) is 5.73 Å². The van der Waals surface area contributed by atoms with Crippen molar-refractivity contribution in [1.82, 2.24) is 4.90 Å². The van der Waals surface area contributed by atoms with Crippen molar-refractivity contribution in [2.24, 2.45) is 5.73 Å². The molecule has 0 aliphatic heterocycles. The number of nitrogens with zero attached hydrogens (tertiary/aromatic N) is 1. The van der Waals surface area contributed by atoms with E-state index in [0.717, 1.165) is 13.0 Å². The normalized spacial score (nSPS) is 11.6. The van der Waals surface area contributed by atoms with Gasteiger partial charge < -0.3 is 10.6 Å². The average Bonchev–Trinajstić information content (AvgIpc) is 1.87. The Hall–Kier alpha value is -0.340. The summed E-state index contributed by atoms with van der Waals surface area (Å²) in [5.41, 5.74) is 5.27. The molecule has 0 saturated carbocycles. The smallest absolute Gasteiger partial charge is 0.0106 e. The van der Waals surface area contributed by atoms with Crippen LogP contribution in [0.15, 0.2) is 12.2 Å². The summed E-state index contributed by atoms with van der Waals surface area (Å²) < 4.78 is 0. The van der Waals surface area contributed by atoms with E-state index >= 15 is 0 Å². The van der Waals surface area contributed by atoms with Crippen molar-refractivity contribution in [3.63, 3.8) is 0 Å². The summed E-state index contributed by atoms with van der Waals surface area (Å²) in [5.74, 6) is 0. The molecular formula is C8H18N2. The fraction of sp³-hybridized carbons (Fsp3) is 0.750. The van der Waals surface area contributed by atoms with Crippen LogP contribution in [0.1, 0.15) is 12.8 Å². The molecule has 0 rings (SSSR count). The Morgan fingerprint density at radius 2 is 2.00 bits per heavy atom. The third-order valence-corrected chi connectivity index (χ3v) is 1.28. The number of rotatable bonds is 5. The van der Waals surface area contributed by atoms with E-state index in [1.807, 2.05) is 6.08 Å². The number of nitrogens with two attached hydrogens (primary N) is 1. The summed E-state index contributed by atoms with van der Waals surface area (Å²) in [5, 5.41) is 0. The average molecular weight is 142 g/mol. The summed E-state index contributed by atoms with van der Waals surface area (Å²) in [6, 6.07) is 0. The lowest BCUT2D eigenvalue weighted by Crippen LogP contribution is -2.12. The predicted octanol–water partition coefficient (Wildman–Crippen LogP) is 0.843. The van der Waals surface area contributed by atoms with Crippen LogP contribution in [0.5, 0.6) is 0 Å². The van der Waals surface area contributed by atoms with Gasteiger partial charge in [0.15, 0.2) is 0 Å². The molecule has 0 aromatic heterocycles. The van der Waals surface area contributed by atoms with E-state index < -0.39 is 0 Å². The molecule has 0 aliphatic carbocycles. The molecule has 0 saturated heterocycles. The molecule has 0 amide bonds. The highest BCUT2D eigenvalue weighted by atomic mass is 15.0. The van der Waals surface area contributed by atoms with E-state index in [2.05, 4.69) is 25.1 Å². The monoisotopic (exact) mass is 142 g/mol. The lowest BCUT2D eigenvalue weighted by Gasteiger charge is -2.06. The number of hydrogen-bond donors (Lipinski definition) is 1. The molecule has 0 aliphatic rings. The van der Waals surface area contributed by atoms with Crippen LogP contribution in [0, 0.1) is 0 Å². The SMILES string of the molecule is CN(C)CCCC=CCN. The van der Waals surface area contributed by atoms with Crippen molar-refractivity contribution in [2.75, 3.05) is 27.2 Å². The molecule has 0 atom stereocenters. The highest BCUT2D eigenvalue weighted by Gasteiger charge is 1.86. The first-order chi connectivity index (χ1) is 4.77. The Morgan fingerprint density at radius 3 is 2.50 bits per heavy atom. The maximum Gasteiger partial charge on any atom is 0.0106 e. The van der Waals surface area contributed by atoms with Gasteiger partial charge >= 0.3 is 0 Å². The van der Waals surface area contributed by atoms with Crippen LogP contribution in [0.4, 0.5) is 0 Å². The minimum Gasteiger partial charge on any atom is -0.327 e. The van der Waals surface area contributed by atoms with Gasteiger partial charge in [0.2, 0.25) is 0 Å². The lowest BCUT2D eigenvalue weighted by molar-refractivity contribution is 0.402. The van der Waals surface area contributed by atoms with E-state index in [1.165, 1.54) is 6.42 Å². The maximum atomic E-state index is 5.27. The molecule has 60 valence electrons. The first-order valence-corrected chi connectivity index (χ1v) is 3.77. The zero-order valence-electron chi connectivity index (χ0n) is 7.01. The number of allylic oxidation sites excluding steroid dienone is 1.